The number of carbonyl (C=O) groups is 2. The van der Waals surface area contributed by atoms with E-state index in [2.05, 4.69) is 0 Å². The Balaban J connectivity index is 1.63. The number of nitro benzene ring substituents is 1. The van der Waals surface area contributed by atoms with E-state index < -0.39 is 16.1 Å². The van der Waals surface area contributed by atoms with E-state index in [1.165, 1.54) is 25.3 Å². The normalized spacial score (nSPS) is 16.5. The highest BCUT2D eigenvalue weighted by Gasteiger charge is 2.36. The number of halogens is 1. The van der Waals surface area contributed by atoms with Gasteiger partial charge in [0.1, 0.15) is 0 Å². The van der Waals surface area contributed by atoms with Crippen LogP contribution in [0.4, 0.5) is 10.5 Å². The van der Waals surface area contributed by atoms with Crippen molar-refractivity contribution in [2.24, 2.45) is 0 Å². The Morgan fingerprint density at radius 3 is 2.73 bits per heavy atom. The Morgan fingerprint density at radius 2 is 2.03 bits per heavy atom. The second-order valence-electron chi connectivity index (χ2n) is 6.22. The van der Waals surface area contributed by atoms with Gasteiger partial charge in [-0.1, -0.05) is 23.7 Å². The molecule has 0 radical (unpaired) electrons. The Morgan fingerprint density at radius 1 is 1.30 bits per heavy atom. The lowest BCUT2D eigenvalue weighted by Crippen LogP contribution is -2.27. The van der Waals surface area contributed by atoms with E-state index in [4.69, 9.17) is 25.8 Å². The molecule has 9 nitrogen and oxygen atoms in total. The van der Waals surface area contributed by atoms with Gasteiger partial charge in [0.2, 0.25) is 12.5 Å². The van der Waals surface area contributed by atoms with Crippen LogP contribution in [0.25, 0.3) is 6.08 Å². The molecule has 0 aliphatic carbocycles. The molecule has 1 fully saturated rings. The fourth-order valence-corrected chi connectivity index (χ4v) is 4.09. The van der Waals surface area contributed by atoms with Crippen LogP contribution in [0.3, 0.4) is 0 Å². The van der Waals surface area contributed by atoms with Gasteiger partial charge in [-0.25, -0.2) is 0 Å². The summed E-state index contributed by atoms with van der Waals surface area (Å²) in [6.07, 6.45) is 1.40. The van der Waals surface area contributed by atoms with Crippen LogP contribution in [-0.2, 0) is 11.3 Å². The largest absolute Gasteiger partial charge is 0.490 e. The first-order chi connectivity index (χ1) is 14.4. The minimum absolute atomic E-state index is 0.00751. The fraction of sp³-hybridized carbons (Fsp3) is 0.158. The number of amides is 2. The molecule has 0 atom stereocenters. The average molecular weight is 449 g/mol. The van der Waals surface area contributed by atoms with Gasteiger partial charge in [0, 0.05) is 22.7 Å². The number of rotatable bonds is 5. The van der Waals surface area contributed by atoms with E-state index in [-0.39, 0.29) is 29.7 Å². The molecule has 0 spiro atoms. The maximum atomic E-state index is 12.8. The van der Waals surface area contributed by atoms with Crippen molar-refractivity contribution in [3.05, 3.63) is 61.5 Å². The van der Waals surface area contributed by atoms with Crippen LogP contribution in [0.15, 0.2) is 35.2 Å². The van der Waals surface area contributed by atoms with Gasteiger partial charge in [0.15, 0.2) is 11.5 Å². The second kappa shape index (κ2) is 7.88. The van der Waals surface area contributed by atoms with Gasteiger partial charge >= 0.3 is 5.69 Å². The van der Waals surface area contributed by atoms with Crippen LogP contribution < -0.4 is 14.2 Å². The molecule has 2 aliphatic heterocycles. The molecule has 0 aromatic heterocycles. The molecular formula is C19H13ClN2O7S. The van der Waals surface area contributed by atoms with Crippen molar-refractivity contribution < 1.29 is 28.7 Å². The smallest absolute Gasteiger partial charge is 0.311 e. The molecule has 0 saturated carbocycles. The van der Waals surface area contributed by atoms with Crippen molar-refractivity contribution in [3.63, 3.8) is 0 Å². The van der Waals surface area contributed by atoms with Crippen molar-refractivity contribution in [3.8, 4) is 17.2 Å². The van der Waals surface area contributed by atoms with Gasteiger partial charge in [-0.15, -0.1) is 0 Å². The molecular weight excluding hydrogens is 436 g/mol. The molecule has 0 N–H and O–H groups in total. The van der Waals surface area contributed by atoms with Gasteiger partial charge in [-0.2, -0.15) is 0 Å². The molecule has 1 saturated heterocycles. The maximum Gasteiger partial charge on any atom is 0.311 e. The summed E-state index contributed by atoms with van der Waals surface area (Å²) in [7, 11) is 1.30. The number of hydrogen-bond acceptors (Lipinski definition) is 8. The van der Waals surface area contributed by atoms with Crippen LogP contribution in [0.2, 0.25) is 5.02 Å². The maximum absolute atomic E-state index is 12.8. The first-order valence-corrected chi connectivity index (χ1v) is 9.73. The third-order valence-corrected chi connectivity index (χ3v) is 5.72. The number of carbonyl (C=O) groups excluding carboxylic acids is 2. The van der Waals surface area contributed by atoms with E-state index in [1.54, 1.807) is 18.2 Å². The van der Waals surface area contributed by atoms with Gasteiger partial charge in [0.25, 0.3) is 11.1 Å². The van der Waals surface area contributed by atoms with Gasteiger partial charge < -0.3 is 14.2 Å². The highest BCUT2D eigenvalue weighted by molar-refractivity contribution is 8.18. The van der Waals surface area contributed by atoms with Crippen molar-refractivity contribution in [2.75, 3.05) is 13.9 Å². The summed E-state index contributed by atoms with van der Waals surface area (Å²) in [5.74, 6) is 0.453. The van der Waals surface area contributed by atoms with Crippen LogP contribution in [0.1, 0.15) is 11.1 Å². The minimum atomic E-state index is -0.580. The molecule has 2 aromatic rings. The number of imide groups is 1. The number of methoxy groups -OCH3 is 1. The van der Waals surface area contributed by atoms with Crippen LogP contribution in [-0.4, -0.2) is 34.9 Å². The first kappa shape index (κ1) is 20.0. The van der Waals surface area contributed by atoms with E-state index >= 15 is 0 Å². The summed E-state index contributed by atoms with van der Waals surface area (Å²) < 4.78 is 15.7. The molecule has 2 aromatic carbocycles. The average Bonchev–Trinajstić information content (AvgIpc) is 3.27. The monoisotopic (exact) mass is 448 g/mol. The number of nitrogens with zero attached hydrogens (tertiary/aromatic N) is 2. The Hall–Kier alpha value is -3.24. The summed E-state index contributed by atoms with van der Waals surface area (Å²) in [6.45, 7) is 0.0219. The first-order valence-electron chi connectivity index (χ1n) is 8.54. The zero-order valence-corrected chi connectivity index (χ0v) is 17.0. The quantitative estimate of drug-likeness (QED) is 0.380. The number of fused-ring (bicyclic) bond motifs is 1. The summed E-state index contributed by atoms with van der Waals surface area (Å²) in [6, 6.07) is 7.53. The second-order valence-corrected chi connectivity index (χ2v) is 7.62. The van der Waals surface area contributed by atoms with Crippen molar-refractivity contribution in [1.29, 1.82) is 0 Å². The standard InChI is InChI=1S/C19H13ClN2O7S/c1-27-17-10(3-2-4-13(17)22(25)26)6-16-18(23)21(19(24)30-16)8-11-5-14-15(7-12(11)20)29-9-28-14/h2-7H,8-9H2,1H3/b16-6-. The number of ether oxygens (including phenoxy) is 3. The molecule has 154 valence electrons. The molecule has 30 heavy (non-hydrogen) atoms. The zero-order valence-electron chi connectivity index (χ0n) is 15.4. The number of nitro groups is 1. The number of benzene rings is 2. The topological polar surface area (TPSA) is 108 Å². The summed E-state index contributed by atoms with van der Waals surface area (Å²) in [5, 5.41) is 11.0. The lowest BCUT2D eigenvalue weighted by Gasteiger charge is -2.14. The lowest BCUT2D eigenvalue weighted by atomic mass is 10.1. The third-order valence-electron chi connectivity index (χ3n) is 4.46. The van der Waals surface area contributed by atoms with E-state index in [1.807, 2.05) is 0 Å². The molecule has 2 aliphatic rings. The van der Waals surface area contributed by atoms with Crippen LogP contribution in [0.5, 0.6) is 17.2 Å². The van der Waals surface area contributed by atoms with Gasteiger partial charge in [-0.3, -0.25) is 24.6 Å². The van der Waals surface area contributed by atoms with Gasteiger partial charge in [0.05, 0.1) is 23.5 Å². The Bertz CT molecular complexity index is 1120. The molecule has 2 amide bonds. The molecule has 2 heterocycles. The van der Waals surface area contributed by atoms with Crippen LogP contribution in [0, 0.1) is 10.1 Å². The predicted octanol–water partition coefficient (Wildman–Crippen LogP) is 4.22. The molecule has 4 rings (SSSR count). The lowest BCUT2D eigenvalue weighted by molar-refractivity contribution is -0.385. The minimum Gasteiger partial charge on any atom is -0.490 e. The van der Waals surface area contributed by atoms with Gasteiger partial charge in [-0.05, 0) is 29.5 Å². The summed E-state index contributed by atoms with van der Waals surface area (Å²) >= 11 is 6.98. The zero-order chi connectivity index (χ0) is 21.4. The van der Waals surface area contributed by atoms with E-state index in [9.17, 15) is 19.7 Å². The predicted molar refractivity (Wildman–Crippen MR) is 109 cm³/mol. The van der Waals surface area contributed by atoms with Crippen LogP contribution >= 0.6 is 23.4 Å². The number of hydrogen-bond donors (Lipinski definition) is 0. The highest BCUT2D eigenvalue weighted by atomic mass is 35.5. The summed E-state index contributed by atoms with van der Waals surface area (Å²) in [5.41, 5.74) is 0.605. The van der Waals surface area contributed by atoms with E-state index in [0.29, 0.717) is 27.6 Å². The summed E-state index contributed by atoms with van der Waals surface area (Å²) in [4.78, 5) is 37.1. The Labute approximate surface area is 179 Å². The fourth-order valence-electron chi connectivity index (χ4n) is 3.05. The van der Waals surface area contributed by atoms with Crippen molar-refractivity contribution >= 4 is 46.3 Å². The molecule has 11 heteroatoms. The Kier molecular flexibility index (Phi) is 5.27. The highest BCUT2D eigenvalue weighted by Crippen LogP contribution is 2.40. The van der Waals surface area contributed by atoms with Crippen molar-refractivity contribution in [2.45, 2.75) is 6.54 Å². The third kappa shape index (κ3) is 3.55. The SMILES string of the molecule is COc1c(/C=C2\SC(=O)N(Cc3cc4c(cc3Cl)OCO4)C2=O)cccc1[N+](=O)[O-]. The van der Waals surface area contributed by atoms with Crippen molar-refractivity contribution in [1.82, 2.24) is 4.90 Å². The van der Waals surface area contributed by atoms with E-state index in [0.717, 1.165) is 16.7 Å². The molecule has 0 unspecified atom stereocenters. The number of thioether (sulfide) groups is 1. The molecule has 0 bridgehead atoms. The number of para-hydroxylation sites is 1.